The molecule has 2 nitrogen and oxygen atoms in total. The number of nitrogens with one attached hydrogen (secondary N) is 1. The predicted octanol–water partition coefficient (Wildman–Crippen LogP) is 2.64. The van der Waals surface area contributed by atoms with Crippen molar-refractivity contribution in [3.05, 3.63) is 0 Å². The van der Waals surface area contributed by atoms with Crippen molar-refractivity contribution >= 4 is 0 Å². The zero-order valence-corrected chi connectivity index (χ0v) is 11.0. The van der Waals surface area contributed by atoms with Gasteiger partial charge in [-0.3, -0.25) is 4.90 Å². The van der Waals surface area contributed by atoms with Gasteiger partial charge < -0.3 is 5.32 Å². The second-order valence-corrected chi connectivity index (χ2v) is 6.01. The first kappa shape index (κ1) is 12.4. The molecule has 0 bridgehead atoms. The second kappa shape index (κ2) is 6.02. The SMILES string of the molecule is CC(C)CN(C1CCCC1)C1CCNCC1. The quantitative estimate of drug-likeness (QED) is 0.790. The van der Waals surface area contributed by atoms with Crippen LogP contribution in [-0.4, -0.2) is 36.6 Å². The summed E-state index contributed by atoms with van der Waals surface area (Å²) >= 11 is 0. The van der Waals surface area contributed by atoms with Crippen molar-refractivity contribution in [2.75, 3.05) is 19.6 Å². The summed E-state index contributed by atoms with van der Waals surface area (Å²) in [6, 6.07) is 1.78. The summed E-state index contributed by atoms with van der Waals surface area (Å²) in [6.45, 7) is 8.50. The summed E-state index contributed by atoms with van der Waals surface area (Å²) in [4.78, 5) is 2.86. The third-order valence-electron chi connectivity index (χ3n) is 4.15. The molecule has 0 aromatic rings. The molecule has 94 valence electrons. The lowest BCUT2D eigenvalue weighted by Gasteiger charge is -2.39. The van der Waals surface area contributed by atoms with Gasteiger partial charge in [-0.15, -0.1) is 0 Å². The minimum Gasteiger partial charge on any atom is -0.317 e. The van der Waals surface area contributed by atoms with Crippen molar-refractivity contribution in [3.8, 4) is 0 Å². The molecule has 0 amide bonds. The van der Waals surface area contributed by atoms with E-state index >= 15 is 0 Å². The molecule has 1 aliphatic carbocycles. The van der Waals surface area contributed by atoms with Crippen LogP contribution in [0.15, 0.2) is 0 Å². The average Bonchev–Trinajstić information content (AvgIpc) is 2.80. The first-order valence-corrected chi connectivity index (χ1v) is 7.24. The Labute approximate surface area is 101 Å². The standard InChI is InChI=1S/C14H28N2/c1-12(2)11-16(13-5-3-4-6-13)14-7-9-15-10-8-14/h12-15H,3-11H2,1-2H3. The van der Waals surface area contributed by atoms with Crippen LogP contribution in [0.5, 0.6) is 0 Å². The molecule has 0 spiro atoms. The highest BCUT2D eigenvalue weighted by Gasteiger charge is 2.29. The van der Waals surface area contributed by atoms with Crippen LogP contribution in [0.25, 0.3) is 0 Å². The largest absolute Gasteiger partial charge is 0.317 e. The number of hydrogen-bond acceptors (Lipinski definition) is 2. The maximum absolute atomic E-state index is 3.49. The van der Waals surface area contributed by atoms with Crippen molar-refractivity contribution in [1.29, 1.82) is 0 Å². The first-order chi connectivity index (χ1) is 7.77. The number of nitrogens with zero attached hydrogens (tertiary/aromatic N) is 1. The molecule has 0 unspecified atom stereocenters. The van der Waals surface area contributed by atoms with Crippen LogP contribution in [0, 0.1) is 5.92 Å². The Balaban J connectivity index is 1.94. The van der Waals surface area contributed by atoms with E-state index in [9.17, 15) is 0 Å². The van der Waals surface area contributed by atoms with E-state index < -0.39 is 0 Å². The normalized spacial score (nSPS) is 24.8. The van der Waals surface area contributed by atoms with Crippen molar-refractivity contribution < 1.29 is 0 Å². The van der Waals surface area contributed by atoms with Gasteiger partial charge in [0.2, 0.25) is 0 Å². The van der Waals surface area contributed by atoms with Crippen molar-refractivity contribution in [1.82, 2.24) is 10.2 Å². The molecule has 1 heterocycles. The molecule has 1 saturated carbocycles. The van der Waals surface area contributed by atoms with Gasteiger partial charge in [0.15, 0.2) is 0 Å². The number of rotatable bonds is 4. The Morgan fingerprint density at radius 2 is 1.56 bits per heavy atom. The first-order valence-electron chi connectivity index (χ1n) is 7.24. The van der Waals surface area contributed by atoms with Gasteiger partial charge in [0, 0.05) is 18.6 Å². The van der Waals surface area contributed by atoms with E-state index in [2.05, 4.69) is 24.1 Å². The van der Waals surface area contributed by atoms with Gasteiger partial charge in [-0.25, -0.2) is 0 Å². The van der Waals surface area contributed by atoms with Gasteiger partial charge >= 0.3 is 0 Å². The van der Waals surface area contributed by atoms with E-state index in [1.165, 1.54) is 58.2 Å². The second-order valence-electron chi connectivity index (χ2n) is 6.01. The molecule has 1 N–H and O–H groups in total. The van der Waals surface area contributed by atoms with Crippen LogP contribution in [0.1, 0.15) is 52.4 Å². The van der Waals surface area contributed by atoms with Gasteiger partial charge in [-0.05, 0) is 44.7 Å². The Hall–Kier alpha value is -0.0800. The van der Waals surface area contributed by atoms with E-state index in [-0.39, 0.29) is 0 Å². The maximum Gasteiger partial charge on any atom is 0.0122 e. The smallest absolute Gasteiger partial charge is 0.0122 e. The summed E-state index contributed by atoms with van der Waals surface area (Å²) < 4.78 is 0. The molecule has 16 heavy (non-hydrogen) atoms. The van der Waals surface area contributed by atoms with Crippen LogP contribution in [0.3, 0.4) is 0 Å². The van der Waals surface area contributed by atoms with Crippen molar-refractivity contribution in [2.45, 2.75) is 64.5 Å². The molecule has 2 fully saturated rings. The lowest BCUT2D eigenvalue weighted by atomic mass is 10.00. The van der Waals surface area contributed by atoms with E-state index in [0.717, 1.165) is 18.0 Å². The summed E-state index contributed by atoms with van der Waals surface area (Å²) in [5, 5.41) is 3.49. The fraction of sp³-hybridized carbons (Fsp3) is 1.00. The summed E-state index contributed by atoms with van der Waals surface area (Å²) in [5.41, 5.74) is 0. The average molecular weight is 224 g/mol. The summed E-state index contributed by atoms with van der Waals surface area (Å²) in [5.74, 6) is 0.815. The molecule has 0 atom stereocenters. The molecule has 2 aliphatic rings. The molecule has 2 rings (SSSR count). The molecule has 0 aromatic heterocycles. The number of hydrogen-bond donors (Lipinski definition) is 1. The van der Waals surface area contributed by atoms with Gasteiger partial charge in [-0.2, -0.15) is 0 Å². The minimum absolute atomic E-state index is 0.815. The lowest BCUT2D eigenvalue weighted by molar-refractivity contribution is 0.0963. The molecule has 2 heteroatoms. The molecular weight excluding hydrogens is 196 g/mol. The zero-order chi connectivity index (χ0) is 11.4. The predicted molar refractivity (Wildman–Crippen MR) is 69.7 cm³/mol. The third kappa shape index (κ3) is 3.21. The summed E-state index contributed by atoms with van der Waals surface area (Å²) in [7, 11) is 0. The molecule has 0 radical (unpaired) electrons. The topological polar surface area (TPSA) is 15.3 Å². The Morgan fingerprint density at radius 3 is 2.12 bits per heavy atom. The van der Waals surface area contributed by atoms with Crippen LogP contribution < -0.4 is 5.32 Å². The minimum atomic E-state index is 0.815. The van der Waals surface area contributed by atoms with E-state index in [4.69, 9.17) is 0 Å². The number of piperidine rings is 1. The maximum atomic E-state index is 3.49. The molecule has 1 aliphatic heterocycles. The van der Waals surface area contributed by atoms with Gasteiger partial charge in [0.25, 0.3) is 0 Å². The fourth-order valence-corrected chi connectivity index (χ4v) is 3.39. The summed E-state index contributed by atoms with van der Waals surface area (Å²) in [6.07, 6.45) is 8.56. The molecule has 1 saturated heterocycles. The third-order valence-corrected chi connectivity index (χ3v) is 4.15. The van der Waals surface area contributed by atoms with Crippen LogP contribution in [0.4, 0.5) is 0 Å². The van der Waals surface area contributed by atoms with E-state index in [0.29, 0.717) is 0 Å². The zero-order valence-electron chi connectivity index (χ0n) is 11.0. The van der Waals surface area contributed by atoms with Gasteiger partial charge in [0.05, 0.1) is 0 Å². The Bertz CT molecular complexity index is 191. The van der Waals surface area contributed by atoms with Crippen LogP contribution >= 0.6 is 0 Å². The van der Waals surface area contributed by atoms with Crippen LogP contribution in [-0.2, 0) is 0 Å². The highest BCUT2D eigenvalue weighted by atomic mass is 15.2. The van der Waals surface area contributed by atoms with E-state index in [1.54, 1.807) is 0 Å². The van der Waals surface area contributed by atoms with Crippen molar-refractivity contribution in [3.63, 3.8) is 0 Å². The molecule has 0 aromatic carbocycles. The lowest BCUT2D eigenvalue weighted by Crippen LogP contribution is -2.48. The fourth-order valence-electron chi connectivity index (χ4n) is 3.39. The van der Waals surface area contributed by atoms with E-state index in [1.807, 2.05) is 0 Å². The monoisotopic (exact) mass is 224 g/mol. The highest BCUT2D eigenvalue weighted by molar-refractivity contribution is 4.86. The van der Waals surface area contributed by atoms with Crippen molar-refractivity contribution in [2.24, 2.45) is 5.92 Å². The van der Waals surface area contributed by atoms with Crippen LogP contribution in [0.2, 0.25) is 0 Å². The van der Waals surface area contributed by atoms with Gasteiger partial charge in [-0.1, -0.05) is 26.7 Å². The highest BCUT2D eigenvalue weighted by Crippen LogP contribution is 2.28. The molecular formula is C14H28N2. The van der Waals surface area contributed by atoms with Gasteiger partial charge in [0.1, 0.15) is 0 Å². The Kier molecular flexibility index (Phi) is 4.66. The Morgan fingerprint density at radius 1 is 1.00 bits per heavy atom.